The van der Waals surface area contributed by atoms with Gasteiger partial charge in [-0.25, -0.2) is 9.97 Å². The van der Waals surface area contributed by atoms with E-state index in [0.717, 1.165) is 11.1 Å². The van der Waals surface area contributed by atoms with E-state index >= 15 is 0 Å². The number of hydrogen-bond donors (Lipinski definition) is 1. The van der Waals surface area contributed by atoms with Crippen LogP contribution in [0, 0.1) is 0 Å². The van der Waals surface area contributed by atoms with Crippen LogP contribution in [0.2, 0.25) is 5.15 Å². The molecule has 0 bridgehead atoms. The van der Waals surface area contributed by atoms with Gasteiger partial charge in [-0.15, -0.1) is 0 Å². The van der Waals surface area contributed by atoms with E-state index in [1.54, 1.807) is 6.20 Å². The number of rotatable bonds is 3. The number of aromatic nitrogens is 4. The lowest BCUT2D eigenvalue weighted by Gasteiger charge is -2.04. The number of halogens is 1. The molecule has 0 aliphatic rings. The van der Waals surface area contributed by atoms with Crippen LogP contribution >= 0.6 is 11.6 Å². The van der Waals surface area contributed by atoms with Crippen molar-refractivity contribution in [1.82, 2.24) is 20.2 Å². The van der Waals surface area contributed by atoms with E-state index in [2.05, 4.69) is 24.9 Å². The van der Waals surface area contributed by atoms with Gasteiger partial charge in [0.05, 0.1) is 19.7 Å². The average Bonchev–Trinajstić information content (AvgIpc) is 2.96. The van der Waals surface area contributed by atoms with Gasteiger partial charge in [-0.2, -0.15) is 5.10 Å². The fraction of sp³-hybridized carbons (Fsp3) is 0.143. The summed E-state index contributed by atoms with van der Waals surface area (Å²) in [7, 11) is 1.36. The monoisotopic (exact) mass is 302 g/mol. The number of hydrogen-bond acceptors (Lipinski definition) is 5. The van der Waals surface area contributed by atoms with E-state index in [4.69, 9.17) is 11.6 Å². The highest BCUT2D eigenvalue weighted by Crippen LogP contribution is 2.23. The molecule has 3 aromatic rings. The zero-order chi connectivity index (χ0) is 14.8. The van der Waals surface area contributed by atoms with Crippen molar-refractivity contribution >= 4 is 28.6 Å². The molecule has 6 nitrogen and oxygen atoms in total. The zero-order valence-electron chi connectivity index (χ0n) is 11.1. The Morgan fingerprint density at radius 1 is 1.38 bits per heavy atom. The summed E-state index contributed by atoms with van der Waals surface area (Å²) in [5.74, 6) is 0.192. The molecular weight excluding hydrogens is 292 g/mol. The largest absolute Gasteiger partial charge is 0.469 e. The average molecular weight is 303 g/mol. The summed E-state index contributed by atoms with van der Waals surface area (Å²) in [6.07, 6.45) is 1.79. The minimum atomic E-state index is -0.295. The molecule has 21 heavy (non-hydrogen) atoms. The Hall–Kier alpha value is -2.47. The molecule has 0 radical (unpaired) electrons. The maximum atomic E-state index is 11.3. The van der Waals surface area contributed by atoms with Gasteiger partial charge in [0.1, 0.15) is 11.0 Å². The van der Waals surface area contributed by atoms with Gasteiger partial charge in [0, 0.05) is 5.56 Å². The fourth-order valence-corrected chi connectivity index (χ4v) is 2.21. The van der Waals surface area contributed by atoms with E-state index in [1.165, 1.54) is 7.11 Å². The Bertz CT molecular complexity index is 816. The number of H-pyrrole nitrogens is 1. The first-order valence-corrected chi connectivity index (χ1v) is 6.58. The van der Waals surface area contributed by atoms with Crippen LogP contribution in [-0.2, 0) is 16.0 Å². The van der Waals surface area contributed by atoms with Crippen molar-refractivity contribution in [2.24, 2.45) is 0 Å². The second kappa shape index (κ2) is 5.49. The maximum absolute atomic E-state index is 11.3. The van der Waals surface area contributed by atoms with Gasteiger partial charge in [-0.3, -0.25) is 9.89 Å². The van der Waals surface area contributed by atoms with Crippen molar-refractivity contribution in [1.29, 1.82) is 0 Å². The van der Waals surface area contributed by atoms with E-state index < -0.39 is 0 Å². The summed E-state index contributed by atoms with van der Waals surface area (Å²) in [6, 6.07) is 7.38. The van der Waals surface area contributed by atoms with Crippen molar-refractivity contribution < 1.29 is 9.53 Å². The van der Waals surface area contributed by atoms with Gasteiger partial charge in [-0.1, -0.05) is 29.8 Å². The molecule has 0 amide bonds. The number of benzene rings is 1. The van der Waals surface area contributed by atoms with Crippen LogP contribution in [0.25, 0.3) is 22.4 Å². The van der Waals surface area contributed by atoms with Crippen molar-refractivity contribution in [2.45, 2.75) is 6.42 Å². The number of methoxy groups -OCH3 is 1. The molecule has 7 heteroatoms. The predicted molar refractivity (Wildman–Crippen MR) is 77.8 cm³/mol. The summed E-state index contributed by atoms with van der Waals surface area (Å²) in [6.45, 7) is 0. The van der Waals surface area contributed by atoms with Crippen LogP contribution in [0.5, 0.6) is 0 Å². The SMILES string of the molecule is COC(=O)Cc1cccc(-c2nc(Cl)c3[nH]ncc3n2)c1. The van der Waals surface area contributed by atoms with E-state index in [1.807, 2.05) is 24.3 Å². The number of carbonyl (C=O) groups excluding carboxylic acids is 1. The predicted octanol–water partition coefficient (Wildman–Crippen LogP) is 2.39. The Morgan fingerprint density at radius 2 is 2.24 bits per heavy atom. The van der Waals surface area contributed by atoms with Gasteiger partial charge in [0.15, 0.2) is 11.0 Å². The highest BCUT2D eigenvalue weighted by Gasteiger charge is 2.10. The Labute approximate surface area is 125 Å². The summed E-state index contributed by atoms with van der Waals surface area (Å²) in [4.78, 5) is 20.0. The first kappa shape index (κ1) is 13.5. The first-order chi connectivity index (χ1) is 10.2. The number of aromatic amines is 1. The third-order valence-corrected chi connectivity index (χ3v) is 3.29. The highest BCUT2D eigenvalue weighted by molar-refractivity contribution is 6.33. The molecule has 0 fully saturated rings. The number of esters is 1. The number of ether oxygens (including phenoxy) is 1. The molecule has 2 heterocycles. The lowest BCUT2D eigenvalue weighted by Crippen LogP contribution is -2.04. The molecule has 0 spiro atoms. The number of carbonyl (C=O) groups is 1. The highest BCUT2D eigenvalue weighted by atomic mass is 35.5. The first-order valence-electron chi connectivity index (χ1n) is 6.20. The normalized spacial score (nSPS) is 10.8. The van der Waals surface area contributed by atoms with E-state index in [9.17, 15) is 4.79 Å². The van der Waals surface area contributed by atoms with E-state index in [0.29, 0.717) is 22.0 Å². The molecule has 1 N–H and O–H groups in total. The lowest BCUT2D eigenvalue weighted by molar-refractivity contribution is -0.139. The van der Waals surface area contributed by atoms with Gasteiger partial charge in [-0.05, 0) is 11.6 Å². The van der Waals surface area contributed by atoms with Crippen LogP contribution in [0.1, 0.15) is 5.56 Å². The van der Waals surface area contributed by atoms with Crippen molar-refractivity contribution in [3.8, 4) is 11.4 Å². The van der Waals surface area contributed by atoms with Gasteiger partial charge >= 0.3 is 5.97 Å². The molecule has 0 unspecified atom stereocenters. The van der Waals surface area contributed by atoms with Crippen LogP contribution < -0.4 is 0 Å². The van der Waals surface area contributed by atoms with Crippen molar-refractivity contribution in [3.05, 3.63) is 41.2 Å². The molecule has 0 saturated carbocycles. The lowest BCUT2D eigenvalue weighted by atomic mass is 10.1. The van der Waals surface area contributed by atoms with Crippen molar-refractivity contribution in [3.63, 3.8) is 0 Å². The minimum Gasteiger partial charge on any atom is -0.469 e. The van der Waals surface area contributed by atoms with Gasteiger partial charge in [0.2, 0.25) is 0 Å². The smallest absolute Gasteiger partial charge is 0.309 e. The zero-order valence-corrected chi connectivity index (χ0v) is 11.9. The number of nitrogens with zero attached hydrogens (tertiary/aromatic N) is 3. The quantitative estimate of drug-likeness (QED) is 0.593. The summed E-state index contributed by atoms with van der Waals surface area (Å²) in [5, 5.41) is 6.95. The number of nitrogens with one attached hydrogen (secondary N) is 1. The van der Waals surface area contributed by atoms with Gasteiger partial charge < -0.3 is 4.74 Å². The second-order valence-electron chi connectivity index (χ2n) is 4.42. The molecular formula is C14H11ClN4O2. The van der Waals surface area contributed by atoms with Crippen molar-refractivity contribution in [2.75, 3.05) is 7.11 Å². The topological polar surface area (TPSA) is 80.8 Å². The van der Waals surface area contributed by atoms with Gasteiger partial charge in [0.25, 0.3) is 0 Å². The molecule has 0 aliphatic carbocycles. The number of fused-ring (bicyclic) bond motifs is 1. The molecule has 2 aromatic heterocycles. The van der Waals surface area contributed by atoms with Crippen LogP contribution in [0.3, 0.4) is 0 Å². The molecule has 106 valence electrons. The Balaban J connectivity index is 2.01. The van der Waals surface area contributed by atoms with Crippen LogP contribution in [0.15, 0.2) is 30.5 Å². The van der Waals surface area contributed by atoms with E-state index in [-0.39, 0.29) is 12.4 Å². The molecule has 0 saturated heterocycles. The standard InChI is InChI=1S/C14H11ClN4O2/c1-21-11(20)6-8-3-2-4-9(5-8)14-17-10-7-16-19-12(10)13(15)18-14/h2-5,7H,6H2,1H3,(H,16,19). The third kappa shape index (κ3) is 2.71. The minimum absolute atomic E-state index is 0.200. The third-order valence-electron chi connectivity index (χ3n) is 3.02. The van der Waals surface area contributed by atoms with Crippen LogP contribution in [-0.4, -0.2) is 33.2 Å². The molecule has 1 aromatic carbocycles. The summed E-state index contributed by atoms with van der Waals surface area (Å²) >= 11 is 6.10. The molecule has 0 atom stereocenters. The fourth-order valence-electron chi connectivity index (χ4n) is 1.99. The Kier molecular flexibility index (Phi) is 3.53. The van der Waals surface area contributed by atoms with Crippen LogP contribution in [0.4, 0.5) is 0 Å². The Morgan fingerprint density at radius 3 is 3.05 bits per heavy atom. The molecule has 0 aliphatic heterocycles. The summed E-state index contributed by atoms with van der Waals surface area (Å²) < 4.78 is 4.66. The summed E-state index contributed by atoms with van der Waals surface area (Å²) in [5.41, 5.74) is 2.85. The molecule has 3 rings (SSSR count). The second-order valence-corrected chi connectivity index (χ2v) is 4.78. The maximum Gasteiger partial charge on any atom is 0.309 e.